The molecule has 0 radical (unpaired) electrons. The predicted octanol–water partition coefficient (Wildman–Crippen LogP) is 1.82. The Bertz CT molecular complexity index is 426. The van der Waals surface area contributed by atoms with Crippen molar-refractivity contribution in [3.63, 3.8) is 0 Å². The number of ether oxygens (including phenoxy) is 1. The van der Waals surface area contributed by atoms with Gasteiger partial charge in [0.1, 0.15) is 0 Å². The molecule has 0 bridgehead atoms. The lowest BCUT2D eigenvalue weighted by Crippen LogP contribution is -2.33. The van der Waals surface area contributed by atoms with Gasteiger partial charge in [-0.05, 0) is 31.2 Å². The highest BCUT2D eigenvalue weighted by Gasteiger charge is 2.04. The van der Waals surface area contributed by atoms with Gasteiger partial charge in [-0.15, -0.1) is 35.3 Å². The predicted molar refractivity (Wildman–Crippen MR) is 102 cm³/mol. The maximum absolute atomic E-state index is 11.6. The third-order valence-electron chi connectivity index (χ3n) is 2.62. The zero-order valence-corrected chi connectivity index (χ0v) is 16.0. The molecule has 6 nitrogen and oxygen atoms in total. The van der Waals surface area contributed by atoms with Crippen molar-refractivity contribution in [3.05, 3.63) is 22.4 Å². The quantitative estimate of drug-likeness (QED) is 0.224. The average Bonchev–Trinajstić information content (AvgIpc) is 3.01. The summed E-state index contributed by atoms with van der Waals surface area (Å²) in [6.07, 6.45) is 1.67. The Balaban J connectivity index is 0.00000441. The van der Waals surface area contributed by atoms with Crippen LogP contribution in [0.3, 0.4) is 0 Å². The van der Waals surface area contributed by atoms with Crippen LogP contribution in [-0.4, -0.2) is 44.7 Å². The summed E-state index contributed by atoms with van der Waals surface area (Å²) >= 11 is 1.43. The fourth-order valence-corrected chi connectivity index (χ4v) is 2.21. The number of hydrogen-bond acceptors (Lipinski definition) is 4. The number of rotatable bonds is 10. The SMILES string of the molecule is CCOCCCNC(N)=NCCCNC(=O)c1cccs1.I. The van der Waals surface area contributed by atoms with Gasteiger partial charge in [-0.25, -0.2) is 0 Å². The summed E-state index contributed by atoms with van der Waals surface area (Å²) < 4.78 is 5.22. The van der Waals surface area contributed by atoms with E-state index >= 15 is 0 Å². The molecule has 1 aromatic rings. The Kier molecular flexibility index (Phi) is 13.2. The standard InChI is InChI=1S/C14H24N4O2S.HI/c1-2-20-10-5-9-18-14(15)17-8-4-7-16-13(19)12-6-3-11-21-12;/h3,6,11H,2,4-5,7-10H2,1H3,(H,16,19)(H3,15,17,18);1H. The number of amides is 1. The van der Waals surface area contributed by atoms with Crippen LogP contribution in [-0.2, 0) is 4.74 Å². The number of nitrogens with two attached hydrogens (primary N) is 1. The Morgan fingerprint density at radius 3 is 2.82 bits per heavy atom. The number of carbonyl (C=O) groups excluding carboxylic acids is 1. The minimum atomic E-state index is -0.0315. The van der Waals surface area contributed by atoms with Crippen molar-refractivity contribution >= 4 is 47.2 Å². The summed E-state index contributed by atoms with van der Waals surface area (Å²) in [5, 5.41) is 7.76. The molecule has 0 unspecified atom stereocenters. The molecule has 0 saturated carbocycles. The average molecular weight is 440 g/mol. The molecule has 1 heterocycles. The zero-order chi connectivity index (χ0) is 15.3. The van der Waals surface area contributed by atoms with Crippen LogP contribution in [0.5, 0.6) is 0 Å². The van der Waals surface area contributed by atoms with Crippen molar-refractivity contribution < 1.29 is 9.53 Å². The Morgan fingerprint density at radius 2 is 2.14 bits per heavy atom. The molecule has 4 N–H and O–H groups in total. The van der Waals surface area contributed by atoms with Crippen molar-refractivity contribution in [1.29, 1.82) is 0 Å². The minimum Gasteiger partial charge on any atom is -0.382 e. The van der Waals surface area contributed by atoms with E-state index in [0.29, 0.717) is 19.0 Å². The van der Waals surface area contributed by atoms with Crippen molar-refractivity contribution in [2.45, 2.75) is 19.8 Å². The maximum Gasteiger partial charge on any atom is 0.261 e. The van der Waals surface area contributed by atoms with E-state index in [2.05, 4.69) is 15.6 Å². The molecule has 126 valence electrons. The molecular formula is C14H25IN4O2S. The van der Waals surface area contributed by atoms with Crippen LogP contribution in [0.4, 0.5) is 0 Å². The number of carbonyl (C=O) groups is 1. The van der Waals surface area contributed by atoms with Crippen molar-refractivity contribution in [1.82, 2.24) is 10.6 Å². The molecule has 0 aliphatic carbocycles. The molecule has 0 aliphatic rings. The van der Waals surface area contributed by atoms with Gasteiger partial charge >= 0.3 is 0 Å². The molecule has 1 rings (SSSR count). The summed E-state index contributed by atoms with van der Waals surface area (Å²) in [5.41, 5.74) is 5.72. The normalized spacial score (nSPS) is 10.9. The Morgan fingerprint density at radius 1 is 1.36 bits per heavy atom. The number of nitrogens with one attached hydrogen (secondary N) is 2. The highest BCUT2D eigenvalue weighted by molar-refractivity contribution is 14.0. The second-order valence-corrected chi connectivity index (χ2v) is 5.28. The molecule has 0 saturated heterocycles. The molecule has 1 amide bonds. The van der Waals surface area contributed by atoms with Crippen molar-refractivity contribution in [2.24, 2.45) is 10.7 Å². The van der Waals surface area contributed by atoms with Crippen LogP contribution in [0.1, 0.15) is 29.4 Å². The Labute approximate surface area is 152 Å². The largest absolute Gasteiger partial charge is 0.382 e. The lowest BCUT2D eigenvalue weighted by molar-refractivity contribution is 0.0957. The van der Waals surface area contributed by atoms with Crippen LogP contribution < -0.4 is 16.4 Å². The summed E-state index contributed by atoms with van der Waals surface area (Å²) in [6.45, 7) is 5.38. The monoisotopic (exact) mass is 440 g/mol. The lowest BCUT2D eigenvalue weighted by Gasteiger charge is -2.06. The van der Waals surface area contributed by atoms with Gasteiger partial charge in [-0.2, -0.15) is 0 Å². The first kappa shape index (κ1) is 21.1. The first-order chi connectivity index (χ1) is 10.2. The van der Waals surface area contributed by atoms with E-state index in [1.807, 2.05) is 24.4 Å². The van der Waals surface area contributed by atoms with Gasteiger partial charge in [0.2, 0.25) is 0 Å². The van der Waals surface area contributed by atoms with E-state index in [1.165, 1.54) is 11.3 Å². The van der Waals surface area contributed by atoms with Crippen molar-refractivity contribution in [2.75, 3.05) is 32.8 Å². The third-order valence-corrected chi connectivity index (χ3v) is 3.49. The van der Waals surface area contributed by atoms with Crippen molar-refractivity contribution in [3.8, 4) is 0 Å². The van der Waals surface area contributed by atoms with Gasteiger partial charge in [0, 0.05) is 32.8 Å². The van der Waals surface area contributed by atoms with E-state index in [9.17, 15) is 4.79 Å². The summed E-state index contributed by atoms with van der Waals surface area (Å²) in [4.78, 5) is 16.6. The number of nitrogens with zero attached hydrogens (tertiary/aromatic N) is 1. The number of hydrogen-bond donors (Lipinski definition) is 3. The molecule has 0 fully saturated rings. The zero-order valence-electron chi connectivity index (χ0n) is 12.8. The maximum atomic E-state index is 11.6. The van der Waals surface area contributed by atoms with Gasteiger partial charge in [-0.1, -0.05) is 6.07 Å². The molecule has 8 heteroatoms. The molecule has 1 aromatic heterocycles. The summed E-state index contributed by atoms with van der Waals surface area (Å²) in [5.74, 6) is 0.409. The molecular weight excluding hydrogens is 415 g/mol. The van der Waals surface area contributed by atoms with E-state index in [1.54, 1.807) is 0 Å². The van der Waals surface area contributed by atoms with E-state index < -0.39 is 0 Å². The van der Waals surface area contributed by atoms with Gasteiger partial charge in [0.05, 0.1) is 4.88 Å². The molecule has 0 aliphatic heterocycles. The lowest BCUT2D eigenvalue weighted by atomic mass is 10.4. The molecule has 0 aromatic carbocycles. The summed E-state index contributed by atoms with van der Waals surface area (Å²) in [7, 11) is 0. The van der Waals surface area contributed by atoms with Crippen LogP contribution in [0.25, 0.3) is 0 Å². The number of halogens is 1. The second-order valence-electron chi connectivity index (χ2n) is 4.33. The number of guanidine groups is 1. The topological polar surface area (TPSA) is 88.7 Å². The van der Waals surface area contributed by atoms with E-state index in [0.717, 1.165) is 37.5 Å². The fraction of sp³-hybridized carbons (Fsp3) is 0.571. The van der Waals surface area contributed by atoms with Crippen LogP contribution >= 0.6 is 35.3 Å². The molecule has 22 heavy (non-hydrogen) atoms. The smallest absolute Gasteiger partial charge is 0.261 e. The van der Waals surface area contributed by atoms with Gasteiger partial charge in [-0.3, -0.25) is 9.79 Å². The van der Waals surface area contributed by atoms with Crippen LogP contribution in [0.15, 0.2) is 22.5 Å². The first-order valence-electron chi connectivity index (χ1n) is 7.17. The van der Waals surface area contributed by atoms with E-state index in [-0.39, 0.29) is 29.9 Å². The summed E-state index contributed by atoms with van der Waals surface area (Å²) in [6, 6.07) is 3.67. The molecule has 0 spiro atoms. The fourth-order valence-electron chi connectivity index (χ4n) is 1.57. The minimum absolute atomic E-state index is 0. The van der Waals surface area contributed by atoms with Gasteiger partial charge in [0.25, 0.3) is 5.91 Å². The third kappa shape index (κ3) is 9.96. The van der Waals surface area contributed by atoms with Gasteiger partial charge in [0.15, 0.2) is 5.96 Å². The molecule has 0 atom stereocenters. The highest BCUT2D eigenvalue weighted by atomic mass is 127. The Hall–Kier alpha value is -0.870. The first-order valence-corrected chi connectivity index (χ1v) is 8.05. The van der Waals surface area contributed by atoms with Crippen LogP contribution in [0.2, 0.25) is 0 Å². The second kappa shape index (κ2) is 13.8. The highest BCUT2D eigenvalue weighted by Crippen LogP contribution is 2.07. The van der Waals surface area contributed by atoms with Crippen LogP contribution in [0, 0.1) is 0 Å². The van der Waals surface area contributed by atoms with Gasteiger partial charge < -0.3 is 21.1 Å². The number of thiophene rings is 1. The number of aliphatic imine (C=N–C) groups is 1. The van der Waals surface area contributed by atoms with E-state index in [4.69, 9.17) is 10.5 Å².